The molecule has 0 aromatic heterocycles. The van der Waals surface area contributed by atoms with Gasteiger partial charge < -0.3 is 19.5 Å². The molecule has 3 rings (SSSR count). The molecule has 130 valence electrons. The first-order valence-corrected chi connectivity index (χ1v) is 9.14. The zero-order valence-corrected chi connectivity index (χ0v) is 14.1. The molecule has 0 aromatic rings. The minimum Gasteiger partial charge on any atom is -0.459 e. The molecule has 23 heavy (non-hydrogen) atoms. The molecule has 1 N–H and O–H groups in total. The molecular formula is C18H29NO4. The van der Waals surface area contributed by atoms with Gasteiger partial charge in [-0.3, -0.25) is 4.79 Å². The van der Waals surface area contributed by atoms with E-state index in [1.54, 1.807) is 0 Å². The van der Waals surface area contributed by atoms with Crippen molar-refractivity contribution in [3.05, 3.63) is 11.8 Å². The Morgan fingerprint density at radius 2 is 2.13 bits per heavy atom. The summed E-state index contributed by atoms with van der Waals surface area (Å²) >= 11 is 0. The van der Waals surface area contributed by atoms with E-state index in [4.69, 9.17) is 9.47 Å². The smallest absolute Gasteiger partial charge is 0.288 e. The molecule has 0 unspecified atom stereocenters. The molecule has 0 bridgehead atoms. The van der Waals surface area contributed by atoms with Gasteiger partial charge in [0.25, 0.3) is 5.91 Å². The second-order valence-corrected chi connectivity index (χ2v) is 6.92. The zero-order valence-electron chi connectivity index (χ0n) is 14.1. The SMILES string of the molecule is CCO[C@@H]1OC(C(=O)N2CCCC2)=C[C@H](C2CC2)[C@@H]1CCCO. The van der Waals surface area contributed by atoms with E-state index in [0.717, 1.165) is 38.8 Å². The molecule has 3 aliphatic rings. The van der Waals surface area contributed by atoms with Crippen LogP contribution < -0.4 is 0 Å². The van der Waals surface area contributed by atoms with Crippen molar-refractivity contribution < 1.29 is 19.4 Å². The van der Waals surface area contributed by atoms with Gasteiger partial charge in [-0.15, -0.1) is 0 Å². The molecule has 1 saturated heterocycles. The highest BCUT2D eigenvalue weighted by Crippen LogP contribution is 2.47. The normalized spacial score (nSPS) is 31.0. The van der Waals surface area contributed by atoms with E-state index < -0.39 is 0 Å². The lowest BCUT2D eigenvalue weighted by Gasteiger charge is -2.37. The predicted octanol–water partition coefficient (Wildman–Crippen LogP) is 2.30. The van der Waals surface area contributed by atoms with Crippen molar-refractivity contribution in [3.63, 3.8) is 0 Å². The molecule has 1 saturated carbocycles. The monoisotopic (exact) mass is 323 g/mol. The minimum absolute atomic E-state index is 0.0264. The quantitative estimate of drug-likeness (QED) is 0.781. The fourth-order valence-electron chi connectivity index (χ4n) is 3.87. The largest absolute Gasteiger partial charge is 0.459 e. The Morgan fingerprint density at radius 3 is 2.74 bits per heavy atom. The molecule has 1 aliphatic carbocycles. The number of aliphatic hydroxyl groups is 1. The molecule has 5 nitrogen and oxygen atoms in total. The van der Waals surface area contributed by atoms with E-state index >= 15 is 0 Å². The van der Waals surface area contributed by atoms with Gasteiger partial charge in [-0.2, -0.15) is 0 Å². The molecule has 0 radical (unpaired) electrons. The number of rotatable bonds is 7. The summed E-state index contributed by atoms with van der Waals surface area (Å²) in [5.41, 5.74) is 0. The van der Waals surface area contributed by atoms with Crippen LogP contribution in [0.4, 0.5) is 0 Å². The zero-order chi connectivity index (χ0) is 16.2. The molecule has 0 aromatic carbocycles. The summed E-state index contributed by atoms with van der Waals surface area (Å²) in [4.78, 5) is 14.6. The molecular weight excluding hydrogens is 294 g/mol. The number of likely N-dealkylation sites (tertiary alicyclic amines) is 1. The molecule has 2 fully saturated rings. The van der Waals surface area contributed by atoms with Gasteiger partial charge in [0.2, 0.25) is 6.29 Å². The highest BCUT2D eigenvalue weighted by Gasteiger charge is 2.44. The van der Waals surface area contributed by atoms with Gasteiger partial charge in [0.15, 0.2) is 5.76 Å². The highest BCUT2D eigenvalue weighted by molar-refractivity contribution is 5.91. The summed E-state index contributed by atoms with van der Waals surface area (Å²) in [6.45, 7) is 4.39. The number of allylic oxidation sites excluding steroid dienone is 1. The van der Waals surface area contributed by atoms with E-state index in [0.29, 0.717) is 24.2 Å². The first kappa shape index (κ1) is 16.8. The topological polar surface area (TPSA) is 59.0 Å². The summed E-state index contributed by atoms with van der Waals surface area (Å²) < 4.78 is 11.8. The Balaban J connectivity index is 1.78. The average molecular weight is 323 g/mol. The van der Waals surface area contributed by atoms with Crippen LogP contribution in [0.1, 0.15) is 45.4 Å². The van der Waals surface area contributed by atoms with Crippen LogP contribution in [0.25, 0.3) is 0 Å². The van der Waals surface area contributed by atoms with Gasteiger partial charge >= 0.3 is 0 Å². The summed E-state index contributed by atoms with van der Waals surface area (Å²) in [7, 11) is 0. The van der Waals surface area contributed by atoms with Crippen molar-refractivity contribution in [2.24, 2.45) is 17.8 Å². The van der Waals surface area contributed by atoms with Crippen LogP contribution in [0, 0.1) is 17.8 Å². The molecule has 2 heterocycles. The summed E-state index contributed by atoms with van der Waals surface area (Å²) in [6, 6.07) is 0. The number of nitrogens with zero attached hydrogens (tertiary/aromatic N) is 1. The third kappa shape index (κ3) is 3.89. The van der Waals surface area contributed by atoms with Gasteiger partial charge in [0, 0.05) is 32.2 Å². The number of carbonyl (C=O) groups is 1. The second-order valence-electron chi connectivity index (χ2n) is 6.92. The number of hydrogen-bond acceptors (Lipinski definition) is 4. The van der Waals surface area contributed by atoms with Gasteiger partial charge in [0.05, 0.1) is 0 Å². The van der Waals surface area contributed by atoms with Crippen LogP contribution >= 0.6 is 0 Å². The number of hydrogen-bond donors (Lipinski definition) is 1. The Labute approximate surface area is 138 Å². The molecule has 1 amide bonds. The highest BCUT2D eigenvalue weighted by atomic mass is 16.7. The number of ether oxygens (including phenoxy) is 2. The Morgan fingerprint density at radius 1 is 1.39 bits per heavy atom. The van der Waals surface area contributed by atoms with E-state index in [1.807, 2.05) is 11.8 Å². The summed E-state index contributed by atoms with van der Waals surface area (Å²) in [5, 5.41) is 9.18. The first-order chi connectivity index (χ1) is 11.2. The molecule has 3 atom stereocenters. The lowest BCUT2D eigenvalue weighted by molar-refractivity contribution is -0.176. The minimum atomic E-state index is -0.358. The van der Waals surface area contributed by atoms with Gasteiger partial charge in [-0.25, -0.2) is 0 Å². The first-order valence-electron chi connectivity index (χ1n) is 9.14. The lowest BCUT2D eigenvalue weighted by atomic mass is 9.82. The van der Waals surface area contributed by atoms with Gasteiger partial charge in [-0.05, 0) is 63.4 Å². The van der Waals surface area contributed by atoms with E-state index in [2.05, 4.69) is 6.08 Å². The fourth-order valence-corrected chi connectivity index (χ4v) is 3.87. The molecule has 0 spiro atoms. The molecule has 5 heteroatoms. The van der Waals surface area contributed by atoms with Crippen molar-refractivity contribution in [3.8, 4) is 0 Å². The maximum Gasteiger partial charge on any atom is 0.288 e. The Kier molecular flexibility index (Phi) is 5.59. The van der Waals surface area contributed by atoms with Crippen LogP contribution in [0.15, 0.2) is 11.8 Å². The fraction of sp³-hybridized carbons (Fsp3) is 0.833. The lowest BCUT2D eigenvalue weighted by Crippen LogP contribution is -2.41. The Hall–Kier alpha value is -1.07. The van der Waals surface area contributed by atoms with Crippen LogP contribution in [-0.4, -0.2) is 48.5 Å². The van der Waals surface area contributed by atoms with Crippen molar-refractivity contribution >= 4 is 5.91 Å². The van der Waals surface area contributed by atoms with E-state index in [-0.39, 0.29) is 24.7 Å². The van der Waals surface area contributed by atoms with E-state index in [9.17, 15) is 9.90 Å². The van der Waals surface area contributed by atoms with Crippen molar-refractivity contribution in [2.75, 3.05) is 26.3 Å². The maximum absolute atomic E-state index is 12.7. The van der Waals surface area contributed by atoms with E-state index in [1.165, 1.54) is 12.8 Å². The van der Waals surface area contributed by atoms with Crippen LogP contribution in [0.3, 0.4) is 0 Å². The van der Waals surface area contributed by atoms with Gasteiger partial charge in [-0.1, -0.05) is 0 Å². The van der Waals surface area contributed by atoms with Crippen molar-refractivity contribution in [1.82, 2.24) is 4.90 Å². The third-order valence-corrected chi connectivity index (χ3v) is 5.23. The van der Waals surface area contributed by atoms with Crippen LogP contribution in [0.2, 0.25) is 0 Å². The predicted molar refractivity (Wildman–Crippen MR) is 86.4 cm³/mol. The summed E-state index contributed by atoms with van der Waals surface area (Å²) in [6.07, 6.45) is 7.95. The van der Waals surface area contributed by atoms with Crippen LogP contribution in [0.5, 0.6) is 0 Å². The van der Waals surface area contributed by atoms with Gasteiger partial charge in [0.1, 0.15) is 0 Å². The van der Waals surface area contributed by atoms with Crippen molar-refractivity contribution in [2.45, 2.75) is 51.7 Å². The number of amides is 1. The standard InChI is InChI=1S/C18H29NO4/c1-2-22-18-14(6-5-11-20)15(13-7-8-13)12-16(23-18)17(21)19-9-3-4-10-19/h12-15,18,20H,2-11H2,1H3/t14-,15+,18+/m0/s1. The van der Waals surface area contributed by atoms with Crippen LogP contribution in [-0.2, 0) is 14.3 Å². The second kappa shape index (κ2) is 7.67. The molecule has 2 aliphatic heterocycles. The third-order valence-electron chi connectivity index (χ3n) is 5.23. The summed E-state index contributed by atoms with van der Waals surface area (Å²) in [5.74, 6) is 1.74. The number of aliphatic hydroxyl groups excluding tert-OH is 1. The maximum atomic E-state index is 12.7. The average Bonchev–Trinajstić information content (AvgIpc) is 3.26. The number of carbonyl (C=O) groups excluding carboxylic acids is 1. The van der Waals surface area contributed by atoms with Crippen molar-refractivity contribution in [1.29, 1.82) is 0 Å². The Bertz CT molecular complexity index is 440.